The van der Waals surface area contributed by atoms with E-state index in [9.17, 15) is 4.55 Å². The topological polar surface area (TPSA) is 36.0 Å². The van der Waals surface area contributed by atoms with Gasteiger partial charge in [0.05, 0.1) is 16.9 Å². The van der Waals surface area contributed by atoms with Crippen LogP contribution in [-0.2, 0) is 11.2 Å². The van der Waals surface area contributed by atoms with Crippen LogP contribution < -0.4 is 0 Å². The molecule has 4 heteroatoms. The lowest BCUT2D eigenvalue weighted by molar-refractivity contribution is 0.600. The Bertz CT molecular complexity index is 302. The average Bonchev–Trinajstić information content (AvgIpc) is 2.03. The molecule has 2 nitrogen and oxygen atoms in total. The number of pyridine rings is 1. The maximum atomic E-state index is 11.1. The molecule has 72 valence electrons. The van der Waals surface area contributed by atoms with Crippen LogP contribution in [0, 0.1) is 0 Å². The van der Waals surface area contributed by atoms with Crippen molar-refractivity contribution in [3.8, 4) is 0 Å². The second-order valence-corrected chi connectivity index (χ2v) is 4.93. The Morgan fingerprint density at radius 1 is 1.54 bits per heavy atom. The molecule has 0 aliphatic carbocycles. The number of hydrogen-bond acceptors (Lipinski definition) is 2. The van der Waals surface area contributed by atoms with E-state index in [1.807, 2.05) is 13.8 Å². The zero-order chi connectivity index (χ0) is 10.0. The zero-order valence-corrected chi connectivity index (χ0v) is 9.45. The Labute approximate surface area is 86.5 Å². The standard InChI is InChI=1S/C9H12ClNOS/c1-6(2)9-8(10)4-7(5-11-9)13(3)12/h4-6H,1-3H3. The van der Waals surface area contributed by atoms with E-state index in [0.717, 1.165) is 5.69 Å². The monoisotopic (exact) mass is 217 g/mol. The Balaban J connectivity index is 3.06. The van der Waals surface area contributed by atoms with Crippen LogP contribution in [0.25, 0.3) is 0 Å². The Morgan fingerprint density at radius 2 is 2.15 bits per heavy atom. The molecule has 13 heavy (non-hydrogen) atoms. The van der Waals surface area contributed by atoms with Crippen molar-refractivity contribution in [2.24, 2.45) is 0 Å². The van der Waals surface area contributed by atoms with Crippen LogP contribution in [0.3, 0.4) is 0 Å². The van der Waals surface area contributed by atoms with E-state index in [4.69, 9.17) is 11.6 Å². The molecule has 0 saturated carbocycles. The SMILES string of the molecule is CC(C)c1ncc([S+](C)[O-])cc1Cl. The van der Waals surface area contributed by atoms with Crippen LogP contribution in [0.15, 0.2) is 17.2 Å². The van der Waals surface area contributed by atoms with Gasteiger partial charge in [0, 0.05) is 6.07 Å². The van der Waals surface area contributed by atoms with Gasteiger partial charge in [0.25, 0.3) is 0 Å². The number of nitrogens with zero attached hydrogens (tertiary/aromatic N) is 1. The third-order valence-corrected chi connectivity index (χ3v) is 2.91. The highest BCUT2D eigenvalue weighted by molar-refractivity contribution is 7.90. The van der Waals surface area contributed by atoms with Crippen LogP contribution in [0.4, 0.5) is 0 Å². The number of hydrogen-bond donors (Lipinski definition) is 0. The van der Waals surface area contributed by atoms with Gasteiger partial charge in [-0.05, 0) is 17.1 Å². The molecule has 1 rings (SSSR count). The summed E-state index contributed by atoms with van der Waals surface area (Å²) in [6.45, 7) is 4.05. The lowest BCUT2D eigenvalue weighted by Gasteiger charge is -2.09. The predicted octanol–water partition coefficient (Wildman–Crippen LogP) is 2.60. The van der Waals surface area contributed by atoms with E-state index in [1.54, 1.807) is 18.5 Å². The van der Waals surface area contributed by atoms with Crippen molar-refractivity contribution in [2.45, 2.75) is 24.7 Å². The summed E-state index contributed by atoms with van der Waals surface area (Å²) in [5.41, 5.74) is 0.857. The lowest BCUT2D eigenvalue weighted by atomic mass is 10.1. The van der Waals surface area contributed by atoms with Crippen LogP contribution >= 0.6 is 11.6 Å². The summed E-state index contributed by atoms with van der Waals surface area (Å²) in [5.74, 6) is 0.298. The van der Waals surface area contributed by atoms with Gasteiger partial charge in [-0.2, -0.15) is 0 Å². The molecule has 0 aliphatic heterocycles. The molecule has 0 aromatic carbocycles. The van der Waals surface area contributed by atoms with Gasteiger partial charge in [0.2, 0.25) is 0 Å². The van der Waals surface area contributed by atoms with E-state index in [1.165, 1.54) is 0 Å². The van der Waals surface area contributed by atoms with Crippen LogP contribution in [0.2, 0.25) is 5.02 Å². The minimum atomic E-state index is -1.01. The van der Waals surface area contributed by atoms with Crippen molar-refractivity contribution in [2.75, 3.05) is 6.26 Å². The molecule has 1 unspecified atom stereocenters. The molecule has 0 spiro atoms. The molecule has 0 amide bonds. The summed E-state index contributed by atoms with van der Waals surface area (Å²) >= 11 is 4.96. The fourth-order valence-electron chi connectivity index (χ4n) is 1.01. The second-order valence-electron chi connectivity index (χ2n) is 3.15. The van der Waals surface area contributed by atoms with Gasteiger partial charge < -0.3 is 4.55 Å². The van der Waals surface area contributed by atoms with E-state index in [2.05, 4.69) is 4.98 Å². The summed E-state index contributed by atoms with van der Waals surface area (Å²) in [5, 5.41) is 0.600. The first-order chi connectivity index (χ1) is 6.02. The van der Waals surface area contributed by atoms with Crippen LogP contribution in [-0.4, -0.2) is 15.8 Å². The molecular formula is C9H12ClNOS. The summed E-state index contributed by atoms with van der Waals surface area (Å²) in [6.07, 6.45) is 3.24. The third kappa shape index (κ3) is 2.59. The fraction of sp³-hybridized carbons (Fsp3) is 0.444. The number of rotatable bonds is 2. The summed E-state index contributed by atoms with van der Waals surface area (Å²) < 4.78 is 11.1. The number of halogens is 1. The first kappa shape index (κ1) is 10.8. The van der Waals surface area contributed by atoms with Gasteiger partial charge in [0.15, 0.2) is 4.90 Å². The summed E-state index contributed by atoms with van der Waals surface area (Å²) in [4.78, 5) is 4.85. The smallest absolute Gasteiger partial charge is 0.172 e. The van der Waals surface area contributed by atoms with E-state index in [0.29, 0.717) is 15.8 Å². The minimum absolute atomic E-state index is 0.298. The summed E-state index contributed by atoms with van der Waals surface area (Å²) in [6, 6.07) is 1.72. The molecule has 0 N–H and O–H groups in total. The minimum Gasteiger partial charge on any atom is -0.612 e. The Morgan fingerprint density at radius 3 is 2.54 bits per heavy atom. The summed E-state index contributed by atoms with van der Waals surface area (Å²) in [7, 11) is 0. The molecule has 0 saturated heterocycles. The van der Waals surface area contributed by atoms with Crippen LogP contribution in [0.5, 0.6) is 0 Å². The highest BCUT2D eigenvalue weighted by Crippen LogP contribution is 2.24. The Kier molecular flexibility index (Phi) is 3.59. The highest BCUT2D eigenvalue weighted by atomic mass is 35.5. The van der Waals surface area contributed by atoms with Gasteiger partial charge in [-0.15, -0.1) is 0 Å². The molecule has 0 radical (unpaired) electrons. The lowest BCUT2D eigenvalue weighted by Crippen LogP contribution is -2.01. The quantitative estimate of drug-likeness (QED) is 0.714. The molecule has 1 aromatic rings. The number of aromatic nitrogens is 1. The molecule has 1 heterocycles. The van der Waals surface area contributed by atoms with Gasteiger partial charge in [-0.25, -0.2) is 0 Å². The van der Waals surface area contributed by atoms with Crippen molar-refractivity contribution in [3.63, 3.8) is 0 Å². The second kappa shape index (κ2) is 4.31. The van der Waals surface area contributed by atoms with Crippen LogP contribution in [0.1, 0.15) is 25.5 Å². The largest absolute Gasteiger partial charge is 0.612 e. The molecular weight excluding hydrogens is 206 g/mol. The molecule has 1 atom stereocenters. The first-order valence-corrected chi connectivity index (χ1v) is 5.95. The van der Waals surface area contributed by atoms with Crippen molar-refractivity contribution in [3.05, 3.63) is 23.0 Å². The van der Waals surface area contributed by atoms with Gasteiger partial charge in [-0.3, -0.25) is 4.98 Å². The Hall–Kier alpha value is -0.250. The normalized spacial score (nSPS) is 13.4. The van der Waals surface area contributed by atoms with Crippen molar-refractivity contribution >= 4 is 22.8 Å². The predicted molar refractivity (Wildman–Crippen MR) is 55.7 cm³/mol. The first-order valence-electron chi connectivity index (χ1n) is 4.01. The fourth-order valence-corrected chi connectivity index (χ4v) is 1.95. The van der Waals surface area contributed by atoms with Crippen molar-refractivity contribution < 1.29 is 4.55 Å². The molecule has 0 aliphatic rings. The van der Waals surface area contributed by atoms with E-state index < -0.39 is 11.2 Å². The molecule has 1 aromatic heterocycles. The van der Waals surface area contributed by atoms with Crippen molar-refractivity contribution in [1.82, 2.24) is 4.98 Å². The maximum Gasteiger partial charge on any atom is 0.172 e. The average molecular weight is 218 g/mol. The molecule has 0 bridgehead atoms. The van der Waals surface area contributed by atoms with Gasteiger partial charge >= 0.3 is 0 Å². The van der Waals surface area contributed by atoms with Crippen molar-refractivity contribution in [1.29, 1.82) is 0 Å². The van der Waals surface area contributed by atoms with E-state index in [-0.39, 0.29) is 0 Å². The maximum absolute atomic E-state index is 11.1. The molecule has 0 fully saturated rings. The highest BCUT2D eigenvalue weighted by Gasteiger charge is 2.11. The zero-order valence-electron chi connectivity index (χ0n) is 7.87. The van der Waals surface area contributed by atoms with E-state index >= 15 is 0 Å². The third-order valence-electron chi connectivity index (χ3n) is 1.72. The van der Waals surface area contributed by atoms with Gasteiger partial charge in [0.1, 0.15) is 6.26 Å². The van der Waals surface area contributed by atoms with Gasteiger partial charge in [-0.1, -0.05) is 25.4 Å².